The van der Waals surface area contributed by atoms with Crippen molar-refractivity contribution in [3.8, 4) is 0 Å². The van der Waals surface area contributed by atoms with E-state index in [9.17, 15) is 4.79 Å². The fraction of sp³-hybridized carbons (Fsp3) is 0.917. The Kier molecular flexibility index (Phi) is 5.77. The molecule has 0 bridgehead atoms. The van der Waals surface area contributed by atoms with Crippen LogP contribution in [0.3, 0.4) is 0 Å². The Morgan fingerprint density at radius 3 is 2.62 bits per heavy atom. The molecule has 0 aromatic heterocycles. The second-order valence-electron chi connectivity index (χ2n) is 4.43. The lowest BCUT2D eigenvalue weighted by Crippen LogP contribution is -2.47. The van der Waals surface area contributed by atoms with E-state index in [0.29, 0.717) is 6.04 Å². The molecule has 0 aromatic carbocycles. The smallest absolute Gasteiger partial charge is 0.251 e. The zero-order valence-electron chi connectivity index (χ0n) is 10.7. The maximum absolute atomic E-state index is 11.8. The average molecular weight is 228 g/mol. The van der Waals surface area contributed by atoms with Crippen molar-refractivity contribution in [1.29, 1.82) is 0 Å². The Morgan fingerprint density at radius 1 is 1.50 bits per heavy atom. The molecule has 0 aromatic rings. The van der Waals surface area contributed by atoms with E-state index in [1.54, 1.807) is 7.11 Å². The molecule has 1 amide bonds. The summed E-state index contributed by atoms with van der Waals surface area (Å²) in [6.45, 7) is 6.77. The highest BCUT2D eigenvalue weighted by Gasteiger charge is 2.25. The third kappa shape index (κ3) is 3.76. The van der Waals surface area contributed by atoms with Crippen molar-refractivity contribution in [1.82, 2.24) is 10.2 Å². The number of piperidine rings is 1. The van der Waals surface area contributed by atoms with E-state index in [-0.39, 0.29) is 12.0 Å². The number of ether oxygens (including phenoxy) is 1. The molecular weight excluding hydrogens is 204 g/mol. The monoisotopic (exact) mass is 228 g/mol. The van der Waals surface area contributed by atoms with Crippen molar-refractivity contribution in [3.63, 3.8) is 0 Å². The van der Waals surface area contributed by atoms with Crippen LogP contribution < -0.4 is 5.32 Å². The molecule has 1 unspecified atom stereocenters. The molecule has 0 aliphatic carbocycles. The maximum atomic E-state index is 11.8. The molecular formula is C12H24N2O2. The second-order valence-corrected chi connectivity index (χ2v) is 4.43. The molecule has 16 heavy (non-hydrogen) atoms. The summed E-state index contributed by atoms with van der Waals surface area (Å²) in [4.78, 5) is 13.7. The van der Waals surface area contributed by atoms with Crippen LogP contribution in [0.2, 0.25) is 0 Å². The molecule has 1 saturated heterocycles. The number of rotatable bonds is 5. The minimum Gasteiger partial charge on any atom is -0.372 e. The molecule has 1 N–H and O–H groups in total. The summed E-state index contributed by atoms with van der Waals surface area (Å²) in [5.41, 5.74) is 0. The Labute approximate surface area is 98.3 Å². The zero-order chi connectivity index (χ0) is 12.0. The van der Waals surface area contributed by atoms with Crippen LogP contribution in [0.4, 0.5) is 0 Å². The van der Waals surface area contributed by atoms with E-state index in [4.69, 9.17) is 4.74 Å². The highest BCUT2D eigenvalue weighted by molar-refractivity contribution is 5.80. The van der Waals surface area contributed by atoms with Gasteiger partial charge in [-0.3, -0.25) is 4.79 Å². The Morgan fingerprint density at radius 2 is 2.12 bits per heavy atom. The fourth-order valence-electron chi connectivity index (χ4n) is 2.01. The number of amides is 1. The van der Waals surface area contributed by atoms with Gasteiger partial charge in [0.25, 0.3) is 5.91 Å². The summed E-state index contributed by atoms with van der Waals surface area (Å²) >= 11 is 0. The maximum Gasteiger partial charge on any atom is 0.251 e. The largest absolute Gasteiger partial charge is 0.372 e. The number of hydrogen-bond donors (Lipinski definition) is 1. The molecule has 1 rings (SSSR count). The van der Waals surface area contributed by atoms with Crippen molar-refractivity contribution in [2.75, 3.05) is 26.7 Å². The van der Waals surface area contributed by atoms with Crippen LogP contribution in [-0.4, -0.2) is 49.7 Å². The lowest BCUT2D eigenvalue weighted by atomic mass is 10.0. The topological polar surface area (TPSA) is 41.6 Å². The van der Waals surface area contributed by atoms with Gasteiger partial charge < -0.3 is 15.0 Å². The van der Waals surface area contributed by atoms with Gasteiger partial charge in [0.15, 0.2) is 0 Å². The quantitative estimate of drug-likeness (QED) is 0.763. The van der Waals surface area contributed by atoms with Crippen LogP contribution in [0.1, 0.15) is 33.1 Å². The second kappa shape index (κ2) is 6.86. The van der Waals surface area contributed by atoms with Gasteiger partial charge in [-0.05, 0) is 32.7 Å². The van der Waals surface area contributed by atoms with Crippen molar-refractivity contribution >= 4 is 5.91 Å². The highest BCUT2D eigenvalue weighted by atomic mass is 16.5. The SMILES string of the molecule is CCCNC1CCN(C(=O)C(C)OC)CC1. The molecule has 0 radical (unpaired) electrons. The van der Waals surface area contributed by atoms with Crippen LogP contribution in [0.25, 0.3) is 0 Å². The number of methoxy groups -OCH3 is 1. The zero-order valence-corrected chi connectivity index (χ0v) is 10.7. The number of carbonyl (C=O) groups is 1. The summed E-state index contributed by atoms with van der Waals surface area (Å²) in [6.07, 6.45) is 2.98. The van der Waals surface area contributed by atoms with Gasteiger partial charge in [0.05, 0.1) is 0 Å². The molecule has 1 fully saturated rings. The molecule has 0 saturated carbocycles. The van der Waals surface area contributed by atoms with Gasteiger partial charge in [-0.1, -0.05) is 6.92 Å². The van der Waals surface area contributed by atoms with E-state index in [1.807, 2.05) is 11.8 Å². The van der Waals surface area contributed by atoms with Gasteiger partial charge in [0, 0.05) is 26.2 Å². The molecule has 1 atom stereocenters. The van der Waals surface area contributed by atoms with E-state index in [2.05, 4.69) is 12.2 Å². The third-order valence-corrected chi connectivity index (χ3v) is 3.19. The molecule has 0 spiro atoms. The highest BCUT2D eigenvalue weighted by Crippen LogP contribution is 2.12. The van der Waals surface area contributed by atoms with Gasteiger partial charge in [-0.25, -0.2) is 0 Å². The van der Waals surface area contributed by atoms with E-state index >= 15 is 0 Å². The first kappa shape index (κ1) is 13.5. The summed E-state index contributed by atoms with van der Waals surface area (Å²) < 4.78 is 5.05. The van der Waals surface area contributed by atoms with Crippen LogP contribution in [0, 0.1) is 0 Å². The first-order valence-electron chi connectivity index (χ1n) is 6.24. The lowest BCUT2D eigenvalue weighted by Gasteiger charge is -2.33. The van der Waals surface area contributed by atoms with E-state index in [1.165, 1.54) is 6.42 Å². The fourth-order valence-corrected chi connectivity index (χ4v) is 2.01. The van der Waals surface area contributed by atoms with Crippen LogP contribution >= 0.6 is 0 Å². The van der Waals surface area contributed by atoms with Gasteiger partial charge in [0.1, 0.15) is 6.10 Å². The van der Waals surface area contributed by atoms with Gasteiger partial charge in [-0.15, -0.1) is 0 Å². The van der Waals surface area contributed by atoms with E-state index in [0.717, 1.165) is 32.5 Å². The van der Waals surface area contributed by atoms with Crippen molar-refractivity contribution < 1.29 is 9.53 Å². The molecule has 94 valence electrons. The number of likely N-dealkylation sites (tertiary alicyclic amines) is 1. The van der Waals surface area contributed by atoms with Crippen molar-refractivity contribution in [2.24, 2.45) is 0 Å². The standard InChI is InChI=1S/C12H24N2O2/c1-4-7-13-11-5-8-14(9-6-11)12(15)10(2)16-3/h10-11,13H,4-9H2,1-3H3. The summed E-state index contributed by atoms with van der Waals surface area (Å²) in [7, 11) is 1.58. The number of nitrogens with one attached hydrogen (secondary N) is 1. The molecule has 1 aliphatic rings. The summed E-state index contributed by atoms with van der Waals surface area (Å²) in [5, 5.41) is 3.50. The number of nitrogens with zero attached hydrogens (tertiary/aromatic N) is 1. The number of hydrogen-bond acceptors (Lipinski definition) is 3. The molecule has 1 aliphatic heterocycles. The first-order valence-corrected chi connectivity index (χ1v) is 6.24. The summed E-state index contributed by atoms with van der Waals surface area (Å²) in [6, 6.07) is 0.585. The predicted molar refractivity (Wildman–Crippen MR) is 64.4 cm³/mol. The van der Waals surface area contributed by atoms with Crippen molar-refractivity contribution in [3.05, 3.63) is 0 Å². The normalized spacial score (nSPS) is 19.8. The van der Waals surface area contributed by atoms with Crippen molar-refractivity contribution in [2.45, 2.75) is 45.3 Å². The van der Waals surface area contributed by atoms with Gasteiger partial charge in [-0.2, -0.15) is 0 Å². The lowest BCUT2D eigenvalue weighted by molar-refractivity contribution is -0.142. The van der Waals surface area contributed by atoms with Gasteiger partial charge in [0.2, 0.25) is 0 Å². The molecule has 1 heterocycles. The average Bonchev–Trinajstić information content (AvgIpc) is 2.35. The van der Waals surface area contributed by atoms with Crippen LogP contribution in [0.15, 0.2) is 0 Å². The molecule has 4 nitrogen and oxygen atoms in total. The Balaban J connectivity index is 2.28. The summed E-state index contributed by atoms with van der Waals surface area (Å²) in [5.74, 6) is 0.122. The third-order valence-electron chi connectivity index (χ3n) is 3.19. The Bertz CT molecular complexity index is 213. The van der Waals surface area contributed by atoms with Crippen LogP contribution in [-0.2, 0) is 9.53 Å². The minimum atomic E-state index is -0.305. The first-order chi connectivity index (χ1) is 7.69. The van der Waals surface area contributed by atoms with Gasteiger partial charge >= 0.3 is 0 Å². The Hall–Kier alpha value is -0.610. The van der Waals surface area contributed by atoms with Crippen LogP contribution in [0.5, 0.6) is 0 Å². The molecule has 4 heteroatoms. The predicted octanol–water partition coefficient (Wildman–Crippen LogP) is 1.01. The number of carbonyl (C=O) groups excluding carboxylic acids is 1. The minimum absolute atomic E-state index is 0.122. The van der Waals surface area contributed by atoms with E-state index < -0.39 is 0 Å².